The molecule has 0 saturated carbocycles. The Balaban J connectivity index is 2.30. The molecule has 2 aliphatic rings. The predicted octanol–water partition coefficient (Wildman–Crippen LogP) is 0.713. The molecule has 1 aliphatic carbocycles. The highest BCUT2D eigenvalue weighted by atomic mass is 15.4. The van der Waals surface area contributed by atoms with Gasteiger partial charge in [-0.25, -0.2) is 10.9 Å². The van der Waals surface area contributed by atoms with E-state index in [4.69, 9.17) is 0 Å². The van der Waals surface area contributed by atoms with Crippen molar-refractivity contribution >= 4 is 0 Å². The van der Waals surface area contributed by atoms with E-state index in [1.165, 1.54) is 17.7 Å². The first-order valence-electron chi connectivity index (χ1n) is 3.30. The normalized spacial score (nSPS) is 24.0. The van der Waals surface area contributed by atoms with E-state index in [0.29, 0.717) is 0 Å². The number of nitrogens with zero attached hydrogens (tertiary/aromatic N) is 1. The van der Waals surface area contributed by atoms with Crippen LogP contribution in [0, 0.1) is 0 Å². The van der Waals surface area contributed by atoms with Crippen molar-refractivity contribution in [3.63, 3.8) is 0 Å². The van der Waals surface area contributed by atoms with E-state index in [1.807, 2.05) is 0 Å². The van der Waals surface area contributed by atoms with Gasteiger partial charge in [-0.15, -0.1) is 0 Å². The van der Waals surface area contributed by atoms with Gasteiger partial charge in [0, 0.05) is 6.54 Å². The van der Waals surface area contributed by atoms with Crippen LogP contribution in [0.25, 0.3) is 0 Å². The van der Waals surface area contributed by atoms with Crippen LogP contribution in [0.2, 0.25) is 0 Å². The Hall–Kier alpha value is -0.760. The lowest BCUT2D eigenvalue weighted by Crippen LogP contribution is -2.12. The third-order valence-corrected chi connectivity index (χ3v) is 1.69. The third kappa shape index (κ3) is 0.754. The van der Waals surface area contributed by atoms with E-state index >= 15 is 0 Å². The molecule has 1 N–H and O–H groups in total. The van der Waals surface area contributed by atoms with Gasteiger partial charge in [0.15, 0.2) is 0 Å². The molecule has 0 unspecified atom stereocenters. The Morgan fingerprint density at radius 2 is 2.22 bits per heavy atom. The van der Waals surface area contributed by atoms with Gasteiger partial charge in [-0.05, 0) is 18.4 Å². The van der Waals surface area contributed by atoms with Gasteiger partial charge in [0.2, 0.25) is 0 Å². The van der Waals surface area contributed by atoms with Gasteiger partial charge in [-0.3, -0.25) is 0 Å². The predicted molar refractivity (Wildman–Crippen MR) is 35.5 cm³/mol. The highest BCUT2D eigenvalue weighted by molar-refractivity contribution is 5.35. The Labute approximate surface area is 54.6 Å². The first-order valence-corrected chi connectivity index (χ1v) is 3.30. The molecule has 1 saturated heterocycles. The molecule has 9 heavy (non-hydrogen) atoms. The molecule has 47 valence electrons. The summed E-state index contributed by atoms with van der Waals surface area (Å²) in [4.78, 5) is 0. The maximum absolute atomic E-state index is 4.10. The van der Waals surface area contributed by atoms with Crippen LogP contribution < -0.4 is 10.9 Å². The molecule has 1 radical (unpaired) electrons. The first-order chi connectivity index (χ1) is 4.47. The summed E-state index contributed by atoms with van der Waals surface area (Å²) in [5.74, 6) is 0. The molecule has 0 atom stereocenters. The molecule has 0 bridgehead atoms. The van der Waals surface area contributed by atoms with Crippen molar-refractivity contribution in [3.05, 3.63) is 23.4 Å². The number of nitrogens with one attached hydrogen (secondary N) is 1. The van der Waals surface area contributed by atoms with Crippen LogP contribution in [0.15, 0.2) is 23.4 Å². The number of fused-ring (bicyclic) bond motifs is 1. The zero-order valence-electron chi connectivity index (χ0n) is 5.22. The summed E-state index contributed by atoms with van der Waals surface area (Å²) in [6.45, 7) is 0.936. The molecule has 2 rings (SSSR count). The maximum atomic E-state index is 4.10. The number of hydrogen-bond donors (Lipinski definition) is 1. The summed E-state index contributed by atoms with van der Waals surface area (Å²) in [7, 11) is 0. The van der Waals surface area contributed by atoms with E-state index in [2.05, 4.69) is 23.0 Å². The van der Waals surface area contributed by atoms with E-state index in [0.717, 1.165) is 13.0 Å². The minimum absolute atomic E-state index is 0.936. The fourth-order valence-corrected chi connectivity index (χ4v) is 1.20. The SMILES string of the molecule is C1=C2CN[N]C2=CCC1. The zero-order valence-corrected chi connectivity index (χ0v) is 5.22. The van der Waals surface area contributed by atoms with Crippen molar-refractivity contribution < 1.29 is 0 Å². The molecule has 2 nitrogen and oxygen atoms in total. The lowest BCUT2D eigenvalue weighted by atomic mass is 10.1. The Bertz CT molecular complexity index is 159. The van der Waals surface area contributed by atoms with Gasteiger partial charge in [-0.1, -0.05) is 12.2 Å². The molecule has 0 aromatic rings. The average Bonchev–Trinajstić information content (AvgIpc) is 2.33. The molecular weight excluding hydrogens is 112 g/mol. The molecule has 1 heterocycles. The molecular formula is C7H9N2. The second-order valence-electron chi connectivity index (χ2n) is 2.34. The van der Waals surface area contributed by atoms with Gasteiger partial charge >= 0.3 is 0 Å². The Kier molecular flexibility index (Phi) is 1.06. The lowest BCUT2D eigenvalue weighted by molar-refractivity contribution is 0.710. The van der Waals surface area contributed by atoms with Gasteiger partial charge in [0.25, 0.3) is 0 Å². The molecule has 2 heteroatoms. The first kappa shape index (κ1) is 5.06. The molecule has 1 aliphatic heterocycles. The second kappa shape index (κ2) is 1.88. The summed E-state index contributed by atoms with van der Waals surface area (Å²) in [5.41, 5.74) is 9.60. The van der Waals surface area contributed by atoms with Crippen LogP contribution in [-0.2, 0) is 0 Å². The molecule has 0 aromatic heterocycles. The smallest absolute Gasteiger partial charge is 0.0776 e. The van der Waals surface area contributed by atoms with E-state index < -0.39 is 0 Å². The van der Waals surface area contributed by atoms with Crippen LogP contribution in [0.1, 0.15) is 12.8 Å². The molecule has 0 amide bonds. The van der Waals surface area contributed by atoms with Crippen LogP contribution in [-0.4, -0.2) is 6.54 Å². The van der Waals surface area contributed by atoms with Gasteiger partial charge in [-0.2, -0.15) is 0 Å². The van der Waals surface area contributed by atoms with Crippen LogP contribution in [0.5, 0.6) is 0 Å². The minimum Gasteiger partial charge on any atom is -0.209 e. The quantitative estimate of drug-likeness (QED) is 0.502. The number of rotatable bonds is 0. The zero-order chi connectivity index (χ0) is 6.10. The second-order valence-corrected chi connectivity index (χ2v) is 2.34. The summed E-state index contributed by atoms with van der Waals surface area (Å²) < 4.78 is 0. The fourth-order valence-electron chi connectivity index (χ4n) is 1.20. The largest absolute Gasteiger partial charge is 0.209 e. The van der Waals surface area contributed by atoms with Gasteiger partial charge < -0.3 is 0 Å². The van der Waals surface area contributed by atoms with Crippen molar-refractivity contribution in [2.45, 2.75) is 12.8 Å². The van der Waals surface area contributed by atoms with E-state index in [-0.39, 0.29) is 0 Å². The lowest BCUT2D eigenvalue weighted by Gasteiger charge is -2.02. The number of hydrogen-bond acceptors (Lipinski definition) is 1. The third-order valence-electron chi connectivity index (χ3n) is 1.69. The van der Waals surface area contributed by atoms with Crippen molar-refractivity contribution in [2.75, 3.05) is 6.54 Å². The Morgan fingerprint density at radius 1 is 1.33 bits per heavy atom. The van der Waals surface area contributed by atoms with E-state index in [9.17, 15) is 0 Å². The fraction of sp³-hybridized carbons (Fsp3) is 0.429. The minimum atomic E-state index is 0.936. The maximum Gasteiger partial charge on any atom is 0.0776 e. The highest BCUT2D eigenvalue weighted by Crippen LogP contribution is 2.18. The van der Waals surface area contributed by atoms with E-state index in [1.54, 1.807) is 0 Å². The van der Waals surface area contributed by atoms with Crippen molar-refractivity contribution in [1.29, 1.82) is 0 Å². The summed E-state index contributed by atoms with van der Waals surface area (Å²) in [5, 5.41) is 0. The monoisotopic (exact) mass is 121 g/mol. The van der Waals surface area contributed by atoms with Gasteiger partial charge in [0.1, 0.15) is 0 Å². The Morgan fingerprint density at radius 3 is 3.11 bits per heavy atom. The van der Waals surface area contributed by atoms with Crippen molar-refractivity contribution in [3.8, 4) is 0 Å². The standard InChI is InChI=1S/C7H9N2/c1-2-4-7-6(3-1)5-8-9-7/h3-4,8H,1-2,5H2. The molecule has 0 aromatic carbocycles. The topological polar surface area (TPSA) is 26.1 Å². The molecule has 1 fully saturated rings. The summed E-state index contributed by atoms with van der Waals surface area (Å²) >= 11 is 0. The van der Waals surface area contributed by atoms with Crippen LogP contribution >= 0.6 is 0 Å². The van der Waals surface area contributed by atoms with Crippen molar-refractivity contribution in [1.82, 2.24) is 10.9 Å². The van der Waals surface area contributed by atoms with Crippen LogP contribution in [0.3, 0.4) is 0 Å². The summed E-state index contributed by atoms with van der Waals surface area (Å²) in [6.07, 6.45) is 6.80. The molecule has 0 spiro atoms. The highest BCUT2D eigenvalue weighted by Gasteiger charge is 2.14. The van der Waals surface area contributed by atoms with Crippen LogP contribution in [0.4, 0.5) is 0 Å². The average molecular weight is 121 g/mol. The van der Waals surface area contributed by atoms with Crippen molar-refractivity contribution in [2.24, 2.45) is 0 Å². The van der Waals surface area contributed by atoms with Gasteiger partial charge in [0.05, 0.1) is 5.70 Å². The summed E-state index contributed by atoms with van der Waals surface area (Å²) in [6, 6.07) is 0. The number of allylic oxidation sites excluding steroid dienone is 2.